The number of anilines is 3. The molecule has 43 heavy (non-hydrogen) atoms. The van der Waals surface area contributed by atoms with Crippen molar-refractivity contribution in [2.75, 3.05) is 21.7 Å². The highest BCUT2D eigenvalue weighted by Crippen LogP contribution is 2.36. The third kappa shape index (κ3) is 6.30. The van der Waals surface area contributed by atoms with E-state index in [1.54, 1.807) is 66.7 Å². The van der Waals surface area contributed by atoms with Gasteiger partial charge in [0, 0.05) is 5.69 Å². The van der Waals surface area contributed by atoms with E-state index in [0.717, 1.165) is 20.9 Å². The first-order chi connectivity index (χ1) is 20.6. The van der Waals surface area contributed by atoms with Gasteiger partial charge in [0.25, 0.3) is 17.7 Å². The van der Waals surface area contributed by atoms with Gasteiger partial charge in [-0.2, -0.15) is 0 Å². The van der Waals surface area contributed by atoms with Crippen LogP contribution in [0.5, 0.6) is 5.75 Å². The number of urea groups is 1. The summed E-state index contributed by atoms with van der Waals surface area (Å²) in [6.07, 6.45) is 1.32. The number of ether oxygens (including phenoxy) is 1. The molecule has 0 atom stereocenters. The second kappa shape index (κ2) is 12.5. The molecule has 0 bridgehead atoms. The van der Waals surface area contributed by atoms with Gasteiger partial charge in [0.1, 0.15) is 5.57 Å². The van der Waals surface area contributed by atoms with Crippen molar-refractivity contribution < 1.29 is 23.9 Å². The Kier molecular flexibility index (Phi) is 8.61. The van der Waals surface area contributed by atoms with Crippen molar-refractivity contribution in [2.45, 2.75) is 13.8 Å². The van der Waals surface area contributed by atoms with Crippen molar-refractivity contribution in [3.8, 4) is 5.75 Å². The van der Waals surface area contributed by atoms with Crippen LogP contribution in [0.4, 0.5) is 21.9 Å². The zero-order chi connectivity index (χ0) is 30.7. The molecule has 0 saturated carbocycles. The Bertz CT molecular complexity index is 1690. The van der Waals surface area contributed by atoms with Crippen LogP contribution in [0, 0.1) is 13.8 Å². The highest BCUT2D eigenvalue weighted by atomic mass is 35.5. The lowest BCUT2D eigenvalue weighted by atomic mass is 10.0. The summed E-state index contributed by atoms with van der Waals surface area (Å²) < 4.78 is 5.62. The monoisotopic (exact) mass is 613 g/mol. The van der Waals surface area contributed by atoms with Gasteiger partial charge in [0.05, 0.1) is 21.4 Å². The molecule has 0 aromatic heterocycles. The molecule has 0 unspecified atom stereocenters. The number of imide groups is 2. The van der Waals surface area contributed by atoms with Crippen molar-refractivity contribution in [1.29, 1.82) is 0 Å². The maximum absolute atomic E-state index is 13.6. The van der Waals surface area contributed by atoms with Gasteiger partial charge in [-0.05, 0) is 85.1 Å². The van der Waals surface area contributed by atoms with Crippen LogP contribution in [0.25, 0.3) is 6.08 Å². The summed E-state index contributed by atoms with van der Waals surface area (Å²) in [6, 6.07) is 24.3. The molecule has 1 aliphatic rings. The summed E-state index contributed by atoms with van der Waals surface area (Å²) in [7, 11) is 0. The summed E-state index contributed by atoms with van der Waals surface area (Å²) in [5, 5.41) is 2.88. The van der Waals surface area contributed by atoms with Crippen molar-refractivity contribution in [2.24, 2.45) is 0 Å². The van der Waals surface area contributed by atoms with Crippen LogP contribution >= 0.6 is 23.2 Å². The minimum absolute atomic E-state index is 0.0601. The van der Waals surface area contributed by atoms with Gasteiger partial charge in [-0.3, -0.25) is 14.4 Å². The lowest BCUT2D eigenvalue weighted by Crippen LogP contribution is -2.57. The fourth-order valence-corrected chi connectivity index (χ4v) is 5.07. The minimum atomic E-state index is -0.802. The molecule has 5 rings (SSSR count). The zero-order valence-electron chi connectivity index (χ0n) is 23.1. The van der Waals surface area contributed by atoms with Gasteiger partial charge < -0.3 is 10.1 Å². The molecule has 1 saturated heterocycles. The maximum atomic E-state index is 13.6. The van der Waals surface area contributed by atoms with E-state index in [9.17, 15) is 19.2 Å². The van der Waals surface area contributed by atoms with Crippen LogP contribution in [0.15, 0.2) is 96.6 Å². The molecule has 10 heteroatoms. The molecular formula is C33H25Cl2N3O5. The van der Waals surface area contributed by atoms with Crippen LogP contribution in [0.2, 0.25) is 10.0 Å². The maximum Gasteiger partial charge on any atom is 0.343 e. The van der Waals surface area contributed by atoms with Gasteiger partial charge in [-0.25, -0.2) is 14.6 Å². The highest BCUT2D eigenvalue weighted by Gasteiger charge is 2.43. The summed E-state index contributed by atoms with van der Waals surface area (Å²) in [5.41, 5.74) is 3.41. The number of nitrogens with one attached hydrogen (secondary N) is 1. The van der Waals surface area contributed by atoms with Crippen molar-refractivity contribution >= 4 is 70.1 Å². The van der Waals surface area contributed by atoms with Gasteiger partial charge in [0.15, 0.2) is 12.4 Å². The number of halogens is 2. The van der Waals surface area contributed by atoms with Crippen molar-refractivity contribution in [1.82, 2.24) is 0 Å². The molecule has 216 valence electrons. The molecule has 0 spiro atoms. The third-order valence-corrected chi connectivity index (χ3v) is 7.31. The predicted molar refractivity (Wildman–Crippen MR) is 168 cm³/mol. The number of amides is 5. The van der Waals surface area contributed by atoms with Crippen LogP contribution in [0.1, 0.15) is 16.7 Å². The predicted octanol–water partition coefficient (Wildman–Crippen LogP) is 7.21. The number of barbiturate groups is 1. The number of rotatable bonds is 7. The molecule has 0 radical (unpaired) electrons. The summed E-state index contributed by atoms with van der Waals surface area (Å²) >= 11 is 12.9. The third-order valence-electron chi connectivity index (χ3n) is 6.75. The lowest BCUT2D eigenvalue weighted by molar-refractivity contribution is -0.121. The van der Waals surface area contributed by atoms with E-state index >= 15 is 0 Å². The van der Waals surface area contributed by atoms with Gasteiger partial charge in [0.2, 0.25) is 0 Å². The number of benzene rings is 4. The smallest absolute Gasteiger partial charge is 0.343 e. The first-order valence-electron chi connectivity index (χ1n) is 13.2. The van der Waals surface area contributed by atoms with E-state index in [4.69, 9.17) is 27.9 Å². The molecule has 1 N–H and O–H groups in total. The summed E-state index contributed by atoms with van der Waals surface area (Å²) in [4.78, 5) is 55.0. The Morgan fingerprint density at radius 2 is 1.30 bits per heavy atom. The van der Waals surface area contributed by atoms with E-state index in [2.05, 4.69) is 5.32 Å². The molecule has 1 heterocycles. The summed E-state index contributed by atoms with van der Waals surface area (Å²) in [5.74, 6) is -1.95. The van der Waals surface area contributed by atoms with Crippen LogP contribution < -0.4 is 19.9 Å². The Morgan fingerprint density at radius 3 is 1.81 bits per heavy atom. The van der Waals surface area contributed by atoms with Gasteiger partial charge in [-0.1, -0.05) is 65.7 Å². The zero-order valence-corrected chi connectivity index (χ0v) is 24.6. The van der Waals surface area contributed by atoms with E-state index < -0.39 is 23.8 Å². The molecule has 5 amide bonds. The van der Waals surface area contributed by atoms with Gasteiger partial charge >= 0.3 is 6.03 Å². The molecule has 0 aliphatic carbocycles. The van der Waals surface area contributed by atoms with E-state index in [1.807, 2.05) is 26.0 Å². The lowest BCUT2D eigenvalue weighted by Gasteiger charge is -2.33. The van der Waals surface area contributed by atoms with E-state index in [-0.39, 0.29) is 28.0 Å². The SMILES string of the molecule is Cc1ccc(NC(=O)COc2c(Cl)cc(C=C3C(=O)N(c4ccccc4)C(=O)N(c4ccccc4)C3=O)cc2Cl)cc1C. The second-order valence-electron chi connectivity index (χ2n) is 9.74. The fraction of sp³-hybridized carbons (Fsp3) is 0.0909. The van der Waals surface area contributed by atoms with E-state index in [0.29, 0.717) is 22.6 Å². The number of carbonyl (C=O) groups excluding carboxylic acids is 4. The molecule has 4 aromatic carbocycles. The highest BCUT2D eigenvalue weighted by molar-refractivity contribution is 6.46. The van der Waals surface area contributed by atoms with Crippen LogP contribution in [-0.2, 0) is 14.4 Å². The Labute approximate surface area is 258 Å². The molecule has 4 aromatic rings. The number of para-hydroxylation sites is 2. The summed E-state index contributed by atoms with van der Waals surface area (Å²) in [6.45, 7) is 3.57. The number of carbonyl (C=O) groups is 4. The number of aryl methyl sites for hydroxylation is 2. The minimum Gasteiger partial charge on any atom is -0.481 e. The Balaban J connectivity index is 1.42. The quantitative estimate of drug-likeness (QED) is 0.175. The largest absolute Gasteiger partial charge is 0.481 e. The molecule has 1 fully saturated rings. The van der Waals surface area contributed by atoms with Crippen molar-refractivity contribution in [3.05, 3.63) is 123 Å². The Hall–Kier alpha value is -4.92. The Morgan fingerprint density at radius 1 is 0.767 bits per heavy atom. The standard InChI is InChI=1S/C33H25Cl2N3O5/c1-20-13-14-23(15-21(20)2)36-29(39)19-43-30-27(34)17-22(18-28(30)35)16-26-31(40)37(24-9-5-3-6-10-24)33(42)38(32(26)41)25-11-7-4-8-12-25/h3-18H,19H2,1-2H3,(H,36,39). The first kappa shape index (κ1) is 29.6. The number of hydrogen-bond acceptors (Lipinski definition) is 5. The first-order valence-corrected chi connectivity index (χ1v) is 13.9. The van der Waals surface area contributed by atoms with E-state index in [1.165, 1.54) is 18.2 Å². The molecule has 1 aliphatic heterocycles. The second-order valence-corrected chi connectivity index (χ2v) is 10.6. The van der Waals surface area contributed by atoms with Crippen molar-refractivity contribution in [3.63, 3.8) is 0 Å². The van der Waals surface area contributed by atoms with Crippen LogP contribution in [-0.4, -0.2) is 30.4 Å². The number of nitrogens with zero attached hydrogens (tertiary/aromatic N) is 2. The van der Waals surface area contributed by atoms with Crippen LogP contribution in [0.3, 0.4) is 0 Å². The normalized spacial score (nSPS) is 13.3. The average Bonchev–Trinajstić information content (AvgIpc) is 2.98. The molecule has 8 nitrogen and oxygen atoms in total. The topological polar surface area (TPSA) is 96.0 Å². The fourth-order valence-electron chi connectivity index (χ4n) is 4.46. The molecular weight excluding hydrogens is 589 g/mol. The number of hydrogen-bond donors (Lipinski definition) is 1. The van der Waals surface area contributed by atoms with Gasteiger partial charge in [-0.15, -0.1) is 0 Å². The average molecular weight is 614 g/mol.